The molecule has 1 amide bonds. The molecule has 3 N–H and O–H groups in total. The van der Waals surface area contributed by atoms with Crippen LogP contribution in [0.5, 0.6) is 0 Å². The number of carbonyl (C=O) groups excluding carboxylic acids is 1. The summed E-state index contributed by atoms with van der Waals surface area (Å²) in [5.41, 5.74) is 4.68. The smallest absolute Gasteiger partial charge is 0.404 e. The average molecular weight is 160 g/mol. The topological polar surface area (TPSA) is 85.4 Å². The minimum atomic E-state index is -0.825. The summed E-state index contributed by atoms with van der Waals surface area (Å²) in [6.07, 6.45) is -0.550. The van der Waals surface area contributed by atoms with Crippen LogP contribution in [0, 0.1) is 5.41 Å². The van der Waals surface area contributed by atoms with Crippen LogP contribution in [0.4, 0.5) is 4.79 Å². The highest BCUT2D eigenvalue weighted by Crippen LogP contribution is 1.87. The normalized spacial score (nSPS) is 8.82. The molecule has 0 radical (unpaired) electrons. The molecule has 0 atom stereocenters. The molecule has 0 saturated carbocycles. The fraction of sp³-hybridized carbons (Fsp3) is 0.667. The van der Waals surface area contributed by atoms with Gasteiger partial charge >= 0.3 is 6.09 Å². The molecule has 0 bridgehead atoms. The second-order valence-corrected chi connectivity index (χ2v) is 1.77. The Morgan fingerprint density at radius 2 is 2.18 bits per heavy atom. The predicted octanol–water partition coefficient (Wildman–Crippen LogP) is 0.486. The molecule has 0 aliphatic heterocycles. The number of rotatable bonds is 4. The third-order valence-electron chi connectivity index (χ3n) is 0.892. The minimum Gasteiger partial charge on any atom is -0.481 e. The number of nitrogens with two attached hydrogens (primary N) is 1. The lowest BCUT2D eigenvalue weighted by atomic mass is 10.4. The molecule has 0 saturated heterocycles. The van der Waals surface area contributed by atoms with E-state index in [9.17, 15) is 4.79 Å². The van der Waals surface area contributed by atoms with Gasteiger partial charge in [-0.25, -0.2) is 4.79 Å². The first kappa shape index (κ1) is 9.74. The van der Waals surface area contributed by atoms with E-state index in [1.165, 1.54) is 0 Å². The predicted molar refractivity (Wildman–Crippen MR) is 39.5 cm³/mol. The van der Waals surface area contributed by atoms with Gasteiger partial charge in [0, 0.05) is 0 Å². The molecule has 0 aromatic rings. The van der Waals surface area contributed by atoms with Gasteiger partial charge in [-0.3, -0.25) is 5.41 Å². The standard InChI is InChI=1S/C6H12N2O3/c1-2-10-5(7)3-4-11-6(8)9/h7H,2-4H2,1H3,(H2,8,9). The number of hydrogen-bond acceptors (Lipinski definition) is 4. The van der Waals surface area contributed by atoms with Crippen LogP contribution in [-0.2, 0) is 9.47 Å². The zero-order chi connectivity index (χ0) is 8.69. The Hall–Kier alpha value is -1.26. The Morgan fingerprint density at radius 3 is 2.64 bits per heavy atom. The molecule has 0 aliphatic rings. The lowest BCUT2D eigenvalue weighted by Crippen LogP contribution is -2.16. The molecule has 64 valence electrons. The van der Waals surface area contributed by atoms with Gasteiger partial charge < -0.3 is 15.2 Å². The molecule has 0 rings (SSSR count). The Morgan fingerprint density at radius 1 is 1.55 bits per heavy atom. The van der Waals surface area contributed by atoms with Gasteiger partial charge in [-0.15, -0.1) is 0 Å². The number of ether oxygens (including phenoxy) is 2. The summed E-state index contributed by atoms with van der Waals surface area (Å²) >= 11 is 0. The van der Waals surface area contributed by atoms with Gasteiger partial charge in [0.1, 0.15) is 6.61 Å². The van der Waals surface area contributed by atoms with E-state index in [2.05, 4.69) is 10.5 Å². The summed E-state index contributed by atoms with van der Waals surface area (Å²) in [4.78, 5) is 10.0. The van der Waals surface area contributed by atoms with Crippen molar-refractivity contribution < 1.29 is 14.3 Å². The Labute approximate surface area is 65.0 Å². The van der Waals surface area contributed by atoms with Crippen LogP contribution in [-0.4, -0.2) is 25.2 Å². The molecule has 0 aromatic carbocycles. The van der Waals surface area contributed by atoms with Crippen molar-refractivity contribution in [3.8, 4) is 0 Å². The summed E-state index contributed by atoms with van der Waals surface area (Å²) in [5, 5.41) is 7.08. The van der Waals surface area contributed by atoms with Crippen LogP contribution in [0.15, 0.2) is 0 Å². The molecule has 5 heteroatoms. The quantitative estimate of drug-likeness (QED) is 0.463. The lowest BCUT2D eigenvalue weighted by Gasteiger charge is -2.03. The van der Waals surface area contributed by atoms with E-state index in [1.54, 1.807) is 6.92 Å². The van der Waals surface area contributed by atoms with Crippen molar-refractivity contribution in [2.75, 3.05) is 13.2 Å². The maximum Gasteiger partial charge on any atom is 0.404 e. The molecule has 11 heavy (non-hydrogen) atoms. The first-order valence-corrected chi connectivity index (χ1v) is 3.29. The first-order chi connectivity index (χ1) is 5.16. The highest BCUT2D eigenvalue weighted by Gasteiger charge is 1.98. The van der Waals surface area contributed by atoms with Crippen molar-refractivity contribution in [1.29, 1.82) is 5.41 Å². The van der Waals surface area contributed by atoms with E-state index < -0.39 is 6.09 Å². The molecule has 0 unspecified atom stereocenters. The largest absolute Gasteiger partial charge is 0.481 e. The number of nitrogens with one attached hydrogen (secondary N) is 1. The van der Waals surface area contributed by atoms with Crippen molar-refractivity contribution in [3.63, 3.8) is 0 Å². The Bertz CT molecular complexity index is 147. The fourth-order valence-electron chi connectivity index (χ4n) is 0.491. The lowest BCUT2D eigenvalue weighted by molar-refractivity contribution is 0.157. The number of carbonyl (C=O) groups is 1. The maximum atomic E-state index is 10.0. The zero-order valence-electron chi connectivity index (χ0n) is 6.42. The van der Waals surface area contributed by atoms with E-state index in [0.717, 1.165) is 0 Å². The van der Waals surface area contributed by atoms with Crippen LogP contribution in [0.3, 0.4) is 0 Å². The maximum absolute atomic E-state index is 10.0. The third kappa shape index (κ3) is 6.63. The minimum absolute atomic E-state index is 0.105. The number of hydrogen-bond donors (Lipinski definition) is 2. The zero-order valence-corrected chi connectivity index (χ0v) is 6.42. The number of amides is 1. The molecular formula is C6H12N2O3. The second kappa shape index (κ2) is 5.52. The van der Waals surface area contributed by atoms with Gasteiger partial charge in [-0.2, -0.15) is 0 Å². The van der Waals surface area contributed by atoms with Gasteiger partial charge in [-0.05, 0) is 6.92 Å². The van der Waals surface area contributed by atoms with Gasteiger partial charge in [0.25, 0.3) is 0 Å². The van der Waals surface area contributed by atoms with Crippen molar-refractivity contribution in [3.05, 3.63) is 0 Å². The first-order valence-electron chi connectivity index (χ1n) is 3.29. The van der Waals surface area contributed by atoms with Gasteiger partial charge in [0.05, 0.1) is 13.0 Å². The van der Waals surface area contributed by atoms with E-state index in [4.69, 9.17) is 10.1 Å². The molecule has 0 heterocycles. The third-order valence-corrected chi connectivity index (χ3v) is 0.892. The fourth-order valence-corrected chi connectivity index (χ4v) is 0.491. The van der Waals surface area contributed by atoms with Crippen molar-refractivity contribution in [2.45, 2.75) is 13.3 Å². The van der Waals surface area contributed by atoms with E-state index in [1.807, 2.05) is 0 Å². The SMILES string of the molecule is CCOC(=N)CCOC(N)=O. The van der Waals surface area contributed by atoms with Crippen molar-refractivity contribution >= 4 is 12.0 Å². The molecule has 5 nitrogen and oxygen atoms in total. The van der Waals surface area contributed by atoms with Gasteiger partial charge in [0.2, 0.25) is 0 Å². The Kier molecular flexibility index (Phi) is 4.89. The Balaban J connectivity index is 3.24. The van der Waals surface area contributed by atoms with E-state index >= 15 is 0 Å². The van der Waals surface area contributed by atoms with E-state index in [-0.39, 0.29) is 18.9 Å². The molecule has 0 spiro atoms. The summed E-state index contributed by atoms with van der Waals surface area (Å²) < 4.78 is 9.15. The highest BCUT2D eigenvalue weighted by molar-refractivity contribution is 5.73. The highest BCUT2D eigenvalue weighted by atomic mass is 16.5. The molecule has 0 fully saturated rings. The van der Waals surface area contributed by atoms with Crippen LogP contribution in [0.25, 0.3) is 0 Å². The monoisotopic (exact) mass is 160 g/mol. The van der Waals surface area contributed by atoms with Crippen molar-refractivity contribution in [1.82, 2.24) is 0 Å². The van der Waals surface area contributed by atoms with Crippen LogP contribution >= 0.6 is 0 Å². The molecular weight excluding hydrogens is 148 g/mol. The molecule has 0 aliphatic carbocycles. The summed E-state index contributed by atoms with van der Waals surface area (Å²) in [7, 11) is 0. The van der Waals surface area contributed by atoms with Gasteiger partial charge in [-0.1, -0.05) is 0 Å². The van der Waals surface area contributed by atoms with E-state index in [0.29, 0.717) is 6.61 Å². The number of primary amides is 1. The van der Waals surface area contributed by atoms with Crippen LogP contribution in [0.1, 0.15) is 13.3 Å². The average Bonchev–Trinajstić information content (AvgIpc) is 1.87. The summed E-state index contributed by atoms with van der Waals surface area (Å²) in [6.45, 7) is 2.34. The summed E-state index contributed by atoms with van der Waals surface area (Å²) in [5.74, 6) is 0.105. The van der Waals surface area contributed by atoms with Gasteiger partial charge in [0.15, 0.2) is 5.90 Å². The summed E-state index contributed by atoms with van der Waals surface area (Å²) in [6, 6.07) is 0. The van der Waals surface area contributed by atoms with Crippen LogP contribution < -0.4 is 5.73 Å². The van der Waals surface area contributed by atoms with Crippen molar-refractivity contribution in [2.24, 2.45) is 5.73 Å². The second-order valence-electron chi connectivity index (χ2n) is 1.77. The molecule has 0 aromatic heterocycles. The van der Waals surface area contributed by atoms with Crippen LogP contribution in [0.2, 0.25) is 0 Å².